The molecule has 0 radical (unpaired) electrons. The number of hydrogen-bond acceptors (Lipinski definition) is 6. The van der Waals surface area contributed by atoms with Crippen LogP contribution in [0.2, 0.25) is 0 Å². The van der Waals surface area contributed by atoms with Crippen LogP contribution in [0, 0.1) is 0 Å². The van der Waals surface area contributed by atoms with Crippen molar-refractivity contribution in [2.24, 2.45) is 5.16 Å². The molecule has 8 heteroatoms. The van der Waals surface area contributed by atoms with Gasteiger partial charge in [-0.2, -0.15) is 0 Å². The standard InChI is InChI=1S/C29H32N4O4/c1-4-36-28(34)23-10-14-24(15-11-23)30-29(35)33(19-21-8-6-5-7-9-21)20-26-18-27(31-37-26)22-12-16-25(17-13-22)32(2)3/h5-17,26H,4,18-20H2,1-3H3,(H,30,35). The zero-order valence-electron chi connectivity index (χ0n) is 21.4. The van der Waals surface area contributed by atoms with Gasteiger partial charge in [-0.1, -0.05) is 47.6 Å². The van der Waals surface area contributed by atoms with Gasteiger partial charge in [-0.3, -0.25) is 0 Å². The Morgan fingerprint density at radius 3 is 2.35 bits per heavy atom. The molecule has 1 atom stereocenters. The third-order valence-corrected chi connectivity index (χ3v) is 6.02. The predicted octanol–water partition coefficient (Wildman–Crippen LogP) is 5.16. The Kier molecular flexibility index (Phi) is 8.40. The van der Waals surface area contributed by atoms with Crippen LogP contribution in [-0.2, 0) is 16.1 Å². The first-order valence-corrected chi connectivity index (χ1v) is 12.3. The Balaban J connectivity index is 1.42. The van der Waals surface area contributed by atoms with Gasteiger partial charge in [-0.15, -0.1) is 0 Å². The summed E-state index contributed by atoms with van der Waals surface area (Å²) in [4.78, 5) is 34.7. The Hall–Kier alpha value is -4.33. The molecule has 1 unspecified atom stereocenters. The summed E-state index contributed by atoms with van der Waals surface area (Å²) in [6.45, 7) is 2.85. The molecule has 0 spiro atoms. The van der Waals surface area contributed by atoms with Gasteiger partial charge in [0.1, 0.15) is 0 Å². The third-order valence-electron chi connectivity index (χ3n) is 6.02. The maximum Gasteiger partial charge on any atom is 0.338 e. The minimum absolute atomic E-state index is 0.260. The summed E-state index contributed by atoms with van der Waals surface area (Å²) in [6.07, 6.45) is 0.345. The summed E-state index contributed by atoms with van der Waals surface area (Å²) in [7, 11) is 4.00. The number of nitrogens with one attached hydrogen (secondary N) is 1. The van der Waals surface area contributed by atoms with E-state index >= 15 is 0 Å². The zero-order chi connectivity index (χ0) is 26.2. The number of benzene rings is 3. The fraction of sp³-hybridized carbons (Fsp3) is 0.276. The average Bonchev–Trinajstić information content (AvgIpc) is 3.38. The first-order valence-electron chi connectivity index (χ1n) is 12.3. The number of esters is 1. The quantitative estimate of drug-likeness (QED) is 0.411. The van der Waals surface area contributed by atoms with E-state index < -0.39 is 5.97 Å². The molecule has 0 aromatic heterocycles. The first kappa shape index (κ1) is 25.8. The minimum atomic E-state index is -0.392. The van der Waals surface area contributed by atoms with Crippen LogP contribution in [0.3, 0.4) is 0 Å². The Morgan fingerprint density at radius 1 is 1.00 bits per heavy atom. The Bertz CT molecular complexity index is 1230. The van der Waals surface area contributed by atoms with Crippen molar-refractivity contribution in [3.63, 3.8) is 0 Å². The van der Waals surface area contributed by atoms with Gasteiger partial charge in [0.25, 0.3) is 0 Å². The maximum absolute atomic E-state index is 13.3. The monoisotopic (exact) mass is 500 g/mol. The van der Waals surface area contributed by atoms with E-state index in [4.69, 9.17) is 9.57 Å². The molecule has 0 fully saturated rings. The van der Waals surface area contributed by atoms with Gasteiger partial charge in [0, 0.05) is 38.4 Å². The highest BCUT2D eigenvalue weighted by Crippen LogP contribution is 2.21. The molecule has 8 nitrogen and oxygen atoms in total. The molecule has 1 heterocycles. The van der Waals surface area contributed by atoms with E-state index in [0.717, 1.165) is 22.5 Å². The van der Waals surface area contributed by atoms with Gasteiger partial charge in [0.05, 0.1) is 24.4 Å². The van der Waals surface area contributed by atoms with Gasteiger partial charge >= 0.3 is 12.0 Å². The van der Waals surface area contributed by atoms with E-state index in [2.05, 4.69) is 10.5 Å². The molecule has 2 amide bonds. The molecule has 3 aromatic rings. The normalized spacial score (nSPS) is 14.4. The molecule has 3 aromatic carbocycles. The molecule has 37 heavy (non-hydrogen) atoms. The fourth-order valence-electron chi connectivity index (χ4n) is 4.02. The lowest BCUT2D eigenvalue weighted by atomic mass is 10.0. The van der Waals surface area contributed by atoms with Gasteiger partial charge in [0.15, 0.2) is 6.10 Å². The molecule has 0 saturated carbocycles. The number of ether oxygens (including phenoxy) is 1. The van der Waals surface area contributed by atoms with Gasteiger partial charge in [-0.05, 0) is 54.4 Å². The van der Waals surface area contributed by atoms with Crippen molar-refractivity contribution in [1.82, 2.24) is 4.90 Å². The van der Waals surface area contributed by atoms with E-state index in [9.17, 15) is 9.59 Å². The summed E-state index contributed by atoms with van der Waals surface area (Å²) in [5.41, 5.74) is 5.01. The van der Waals surface area contributed by atoms with Crippen molar-refractivity contribution < 1.29 is 19.2 Å². The lowest BCUT2D eigenvalue weighted by Gasteiger charge is -2.25. The van der Waals surface area contributed by atoms with Crippen LogP contribution < -0.4 is 10.2 Å². The molecule has 1 aliphatic rings. The summed E-state index contributed by atoms with van der Waals surface area (Å²) in [5, 5.41) is 7.24. The summed E-state index contributed by atoms with van der Waals surface area (Å²) < 4.78 is 5.02. The highest BCUT2D eigenvalue weighted by Gasteiger charge is 2.27. The maximum atomic E-state index is 13.3. The van der Waals surface area contributed by atoms with Crippen molar-refractivity contribution >= 4 is 29.1 Å². The minimum Gasteiger partial charge on any atom is -0.462 e. The van der Waals surface area contributed by atoms with Crippen molar-refractivity contribution in [3.8, 4) is 0 Å². The number of oxime groups is 1. The Labute approximate surface area is 217 Å². The summed E-state index contributed by atoms with van der Waals surface area (Å²) in [6, 6.07) is 24.4. The number of rotatable bonds is 9. The SMILES string of the molecule is CCOC(=O)c1ccc(NC(=O)N(Cc2ccccc2)CC2CC(c3ccc(N(C)C)cc3)=NO2)cc1. The second-order valence-electron chi connectivity index (χ2n) is 9.00. The van der Waals surface area contributed by atoms with Crippen LogP contribution in [0.5, 0.6) is 0 Å². The molecular weight excluding hydrogens is 468 g/mol. The van der Waals surface area contributed by atoms with Crippen LogP contribution in [0.4, 0.5) is 16.2 Å². The van der Waals surface area contributed by atoms with Gasteiger partial charge < -0.3 is 24.7 Å². The van der Waals surface area contributed by atoms with Crippen molar-refractivity contribution in [3.05, 3.63) is 95.6 Å². The van der Waals surface area contributed by atoms with E-state index in [0.29, 0.717) is 37.4 Å². The number of amides is 2. The topological polar surface area (TPSA) is 83.5 Å². The Morgan fingerprint density at radius 2 is 1.70 bits per heavy atom. The molecule has 1 aliphatic heterocycles. The molecule has 0 aliphatic carbocycles. The molecule has 4 rings (SSSR count). The average molecular weight is 501 g/mol. The number of anilines is 2. The number of carbonyl (C=O) groups is 2. The highest BCUT2D eigenvalue weighted by molar-refractivity contribution is 6.01. The molecule has 0 bridgehead atoms. The van der Waals surface area contributed by atoms with Crippen LogP contribution in [0.1, 0.15) is 34.8 Å². The van der Waals surface area contributed by atoms with E-state index in [1.807, 2.05) is 73.6 Å². The van der Waals surface area contributed by atoms with Gasteiger partial charge in [-0.25, -0.2) is 9.59 Å². The van der Waals surface area contributed by atoms with E-state index in [1.165, 1.54) is 0 Å². The first-order chi connectivity index (χ1) is 17.9. The molecular formula is C29H32N4O4. The number of carbonyl (C=O) groups excluding carboxylic acids is 2. The van der Waals surface area contributed by atoms with Gasteiger partial charge in [0.2, 0.25) is 0 Å². The lowest BCUT2D eigenvalue weighted by Crippen LogP contribution is -2.40. The van der Waals surface area contributed by atoms with Crippen LogP contribution in [0.15, 0.2) is 84.0 Å². The summed E-state index contributed by atoms with van der Waals surface area (Å²) >= 11 is 0. The van der Waals surface area contributed by atoms with Crippen molar-refractivity contribution in [2.75, 3.05) is 37.5 Å². The number of nitrogens with zero attached hydrogens (tertiary/aromatic N) is 3. The third kappa shape index (κ3) is 6.88. The second kappa shape index (κ2) is 12.1. The highest BCUT2D eigenvalue weighted by atomic mass is 16.6. The number of urea groups is 1. The number of hydrogen-bond donors (Lipinski definition) is 1. The zero-order valence-corrected chi connectivity index (χ0v) is 21.4. The van der Waals surface area contributed by atoms with Crippen LogP contribution in [0.25, 0.3) is 0 Å². The molecule has 1 N–H and O–H groups in total. The van der Waals surface area contributed by atoms with Crippen molar-refractivity contribution in [2.45, 2.75) is 26.0 Å². The molecule has 192 valence electrons. The lowest BCUT2D eigenvalue weighted by molar-refractivity contribution is 0.0526. The molecule has 0 saturated heterocycles. The largest absolute Gasteiger partial charge is 0.462 e. The van der Waals surface area contributed by atoms with Crippen LogP contribution >= 0.6 is 0 Å². The van der Waals surface area contributed by atoms with Crippen molar-refractivity contribution in [1.29, 1.82) is 0 Å². The smallest absolute Gasteiger partial charge is 0.338 e. The van der Waals surface area contributed by atoms with E-state index in [1.54, 1.807) is 36.1 Å². The second-order valence-corrected chi connectivity index (χ2v) is 9.00. The summed E-state index contributed by atoms with van der Waals surface area (Å²) in [5.74, 6) is -0.392. The van der Waals surface area contributed by atoms with E-state index in [-0.39, 0.29) is 12.1 Å². The van der Waals surface area contributed by atoms with Crippen LogP contribution in [-0.4, -0.2) is 56.0 Å². The fourth-order valence-corrected chi connectivity index (χ4v) is 4.02. The predicted molar refractivity (Wildman–Crippen MR) is 145 cm³/mol.